The average molecular weight is 404 g/mol. The van der Waals surface area contributed by atoms with E-state index < -0.39 is 0 Å². The Labute approximate surface area is 165 Å². The highest BCUT2D eigenvalue weighted by molar-refractivity contribution is 7.99. The van der Waals surface area contributed by atoms with Crippen LogP contribution < -0.4 is 5.56 Å². The molecule has 2 aromatic heterocycles. The monoisotopic (exact) mass is 403 g/mol. The number of aliphatic hydroxyl groups excluding tert-OH is 1. The molecule has 142 valence electrons. The number of aliphatic hydroxyl groups is 1. The average Bonchev–Trinajstić information content (AvgIpc) is 3.18. The summed E-state index contributed by atoms with van der Waals surface area (Å²) in [5, 5.41) is 12.2. The first-order valence-corrected chi connectivity index (χ1v) is 10.5. The zero-order valence-corrected chi connectivity index (χ0v) is 16.6. The predicted molar refractivity (Wildman–Crippen MR) is 109 cm³/mol. The number of hydrogen-bond donors (Lipinski definition) is 1. The highest BCUT2D eigenvalue weighted by Crippen LogP contribution is 2.19. The summed E-state index contributed by atoms with van der Waals surface area (Å²) >= 11 is 2.87. The summed E-state index contributed by atoms with van der Waals surface area (Å²) in [6.07, 6.45) is 0.458. The molecule has 0 spiro atoms. The smallest absolute Gasteiger partial charge is 0.262 e. The normalized spacial score (nSPS) is 11.0. The fourth-order valence-corrected chi connectivity index (χ4v) is 4.37. The summed E-state index contributed by atoms with van der Waals surface area (Å²) in [4.78, 5) is 32.6. The minimum atomic E-state index is -0.143. The largest absolute Gasteiger partial charge is 0.396 e. The molecule has 0 saturated heterocycles. The van der Waals surface area contributed by atoms with Crippen LogP contribution in [0.4, 0.5) is 0 Å². The molecule has 0 aliphatic carbocycles. The molecule has 1 aromatic carbocycles. The van der Waals surface area contributed by atoms with Crippen LogP contribution in [0.3, 0.4) is 0 Å². The third kappa shape index (κ3) is 4.77. The van der Waals surface area contributed by atoms with Gasteiger partial charge in [0.1, 0.15) is 0 Å². The molecule has 0 atom stereocenters. The third-order valence-corrected chi connectivity index (χ3v) is 5.91. The van der Waals surface area contributed by atoms with Gasteiger partial charge in [0.25, 0.3) is 5.56 Å². The van der Waals surface area contributed by atoms with E-state index in [0.29, 0.717) is 35.6 Å². The van der Waals surface area contributed by atoms with Crippen molar-refractivity contribution in [2.45, 2.75) is 24.7 Å². The van der Waals surface area contributed by atoms with Crippen LogP contribution in [0.2, 0.25) is 0 Å². The Hall–Kier alpha value is -2.16. The number of aromatic nitrogens is 2. The molecule has 3 aromatic rings. The lowest BCUT2D eigenvalue weighted by atomic mass is 10.2. The molecule has 1 amide bonds. The lowest BCUT2D eigenvalue weighted by Gasteiger charge is -2.17. The van der Waals surface area contributed by atoms with E-state index in [-0.39, 0.29) is 23.8 Å². The lowest BCUT2D eigenvalue weighted by Crippen LogP contribution is -2.28. The van der Waals surface area contributed by atoms with Crippen LogP contribution in [-0.4, -0.2) is 44.9 Å². The van der Waals surface area contributed by atoms with E-state index in [1.165, 1.54) is 11.8 Å². The number of thiophene rings is 1. The molecule has 0 fully saturated rings. The number of carbonyl (C=O) groups excluding carboxylic acids is 1. The van der Waals surface area contributed by atoms with Crippen molar-refractivity contribution in [1.29, 1.82) is 0 Å². The Morgan fingerprint density at radius 2 is 2.11 bits per heavy atom. The van der Waals surface area contributed by atoms with Crippen molar-refractivity contribution in [2.24, 2.45) is 0 Å². The molecule has 6 nitrogen and oxygen atoms in total. The SMILES string of the molecule is CN(Cc1cccs1)C(=O)CSc1nc2ccccc2c(=O)n1CCCO. The molecule has 0 aliphatic heterocycles. The fraction of sp³-hybridized carbons (Fsp3) is 0.316. The number of nitrogens with zero attached hydrogens (tertiary/aromatic N) is 3. The van der Waals surface area contributed by atoms with Crippen molar-refractivity contribution >= 4 is 39.9 Å². The van der Waals surface area contributed by atoms with Crippen LogP contribution in [0, 0.1) is 0 Å². The van der Waals surface area contributed by atoms with Gasteiger partial charge in [0, 0.05) is 25.1 Å². The third-order valence-electron chi connectivity index (χ3n) is 4.09. The number of thioether (sulfide) groups is 1. The van der Waals surface area contributed by atoms with Gasteiger partial charge in [-0.15, -0.1) is 11.3 Å². The van der Waals surface area contributed by atoms with Gasteiger partial charge in [-0.1, -0.05) is 30.0 Å². The van der Waals surface area contributed by atoms with Gasteiger partial charge in [-0.3, -0.25) is 14.2 Å². The summed E-state index contributed by atoms with van der Waals surface area (Å²) in [6, 6.07) is 11.1. The Morgan fingerprint density at radius 3 is 2.85 bits per heavy atom. The van der Waals surface area contributed by atoms with Crippen molar-refractivity contribution in [3.05, 3.63) is 57.0 Å². The first kappa shape index (κ1) is 19.6. The van der Waals surface area contributed by atoms with Crippen molar-refractivity contribution in [2.75, 3.05) is 19.4 Å². The predicted octanol–water partition coefficient (Wildman–Crippen LogP) is 2.59. The second-order valence-corrected chi connectivity index (χ2v) is 8.04. The van der Waals surface area contributed by atoms with E-state index in [2.05, 4.69) is 4.98 Å². The zero-order valence-electron chi connectivity index (χ0n) is 15.0. The van der Waals surface area contributed by atoms with Gasteiger partial charge in [-0.2, -0.15) is 0 Å². The molecule has 0 saturated carbocycles. The summed E-state index contributed by atoms with van der Waals surface area (Å²) < 4.78 is 1.55. The number of rotatable bonds is 8. The Balaban J connectivity index is 1.78. The summed E-state index contributed by atoms with van der Waals surface area (Å²) in [6.45, 7) is 0.931. The first-order chi connectivity index (χ1) is 13.1. The molecule has 0 bridgehead atoms. The first-order valence-electron chi connectivity index (χ1n) is 8.59. The van der Waals surface area contributed by atoms with Crippen molar-refractivity contribution < 1.29 is 9.90 Å². The van der Waals surface area contributed by atoms with E-state index in [9.17, 15) is 9.59 Å². The number of amides is 1. The number of fused-ring (bicyclic) bond motifs is 1. The Morgan fingerprint density at radius 1 is 1.30 bits per heavy atom. The molecule has 0 aliphatic rings. The molecular weight excluding hydrogens is 382 g/mol. The Kier molecular flexibility index (Phi) is 6.65. The molecule has 3 rings (SSSR count). The fourth-order valence-electron chi connectivity index (χ4n) is 2.64. The lowest BCUT2D eigenvalue weighted by molar-refractivity contribution is -0.127. The van der Waals surface area contributed by atoms with Gasteiger partial charge < -0.3 is 10.0 Å². The number of benzene rings is 1. The number of hydrogen-bond acceptors (Lipinski definition) is 6. The van der Waals surface area contributed by atoms with Gasteiger partial charge >= 0.3 is 0 Å². The molecule has 8 heteroatoms. The van der Waals surface area contributed by atoms with Gasteiger partial charge in [0.05, 0.1) is 23.2 Å². The van der Waals surface area contributed by atoms with Crippen LogP contribution in [0.15, 0.2) is 51.7 Å². The molecule has 0 radical (unpaired) electrons. The van der Waals surface area contributed by atoms with Gasteiger partial charge in [0.15, 0.2) is 5.16 Å². The molecule has 0 unspecified atom stereocenters. The maximum Gasteiger partial charge on any atom is 0.262 e. The van der Waals surface area contributed by atoms with Gasteiger partial charge in [0.2, 0.25) is 5.91 Å². The van der Waals surface area contributed by atoms with Crippen molar-refractivity contribution in [3.8, 4) is 0 Å². The van der Waals surface area contributed by atoms with Crippen LogP contribution >= 0.6 is 23.1 Å². The van der Waals surface area contributed by atoms with Crippen LogP contribution in [-0.2, 0) is 17.9 Å². The Bertz CT molecular complexity index is 970. The van der Waals surface area contributed by atoms with Crippen LogP contribution in [0.25, 0.3) is 10.9 Å². The van der Waals surface area contributed by atoms with E-state index in [4.69, 9.17) is 5.11 Å². The summed E-state index contributed by atoms with van der Waals surface area (Å²) in [5.41, 5.74) is 0.473. The van der Waals surface area contributed by atoms with E-state index >= 15 is 0 Å². The minimum absolute atomic E-state index is 0.00808. The second kappa shape index (κ2) is 9.16. The van der Waals surface area contributed by atoms with Gasteiger partial charge in [-0.05, 0) is 30.0 Å². The highest BCUT2D eigenvalue weighted by Gasteiger charge is 2.15. The maximum absolute atomic E-state index is 12.8. The van der Waals surface area contributed by atoms with Crippen LogP contribution in [0.1, 0.15) is 11.3 Å². The van der Waals surface area contributed by atoms with Crippen LogP contribution in [0.5, 0.6) is 0 Å². The summed E-state index contributed by atoms with van der Waals surface area (Å²) in [5.74, 6) is 0.177. The highest BCUT2D eigenvalue weighted by atomic mass is 32.2. The number of carbonyl (C=O) groups is 1. The molecule has 1 N–H and O–H groups in total. The second-order valence-electron chi connectivity index (χ2n) is 6.06. The quantitative estimate of drug-likeness (QED) is 0.462. The van der Waals surface area contributed by atoms with E-state index in [1.54, 1.807) is 46.1 Å². The minimum Gasteiger partial charge on any atom is -0.396 e. The molecule has 2 heterocycles. The summed E-state index contributed by atoms with van der Waals surface area (Å²) in [7, 11) is 1.77. The maximum atomic E-state index is 12.8. The topological polar surface area (TPSA) is 75.4 Å². The standard InChI is InChI=1S/C19H21N3O3S2/c1-21(12-14-6-4-11-26-14)17(24)13-27-19-20-16-8-3-2-7-15(16)18(25)22(19)9-5-10-23/h2-4,6-8,11,23H,5,9-10,12-13H2,1H3. The molecule has 27 heavy (non-hydrogen) atoms. The van der Waals surface area contributed by atoms with Crippen molar-refractivity contribution in [1.82, 2.24) is 14.5 Å². The zero-order chi connectivity index (χ0) is 19.2. The van der Waals surface area contributed by atoms with E-state index in [1.807, 2.05) is 23.6 Å². The molecular formula is C19H21N3O3S2. The van der Waals surface area contributed by atoms with Gasteiger partial charge in [-0.25, -0.2) is 4.98 Å². The number of para-hydroxylation sites is 1. The van der Waals surface area contributed by atoms with E-state index in [0.717, 1.165) is 4.88 Å². The van der Waals surface area contributed by atoms with Crippen molar-refractivity contribution in [3.63, 3.8) is 0 Å².